The number of nitrogens with two attached hydrogens (primary N) is 1. The molecule has 1 nitrogen and oxygen atoms in total. The summed E-state index contributed by atoms with van der Waals surface area (Å²) in [5.74, 6) is 0.776. The lowest BCUT2D eigenvalue weighted by atomic mass is 9.73. The van der Waals surface area contributed by atoms with Gasteiger partial charge in [0.1, 0.15) is 0 Å². The second kappa shape index (κ2) is 4.99. The zero-order valence-corrected chi connectivity index (χ0v) is 9.31. The Morgan fingerprint density at radius 3 is 2.46 bits per heavy atom. The molecule has 0 spiro atoms. The maximum Gasteiger partial charge on any atom is 0.0180 e. The van der Waals surface area contributed by atoms with Crippen molar-refractivity contribution in [3.05, 3.63) is 0 Å². The van der Waals surface area contributed by atoms with E-state index in [1.54, 1.807) is 0 Å². The lowest BCUT2D eigenvalue weighted by molar-refractivity contribution is 0.199. The van der Waals surface area contributed by atoms with Crippen LogP contribution in [0.2, 0.25) is 0 Å². The van der Waals surface area contributed by atoms with E-state index in [0.717, 1.165) is 12.3 Å². The average Bonchev–Trinajstić information content (AvgIpc) is 2.13. The smallest absolute Gasteiger partial charge is 0.0180 e. The Labute approximate surface area is 83.1 Å². The van der Waals surface area contributed by atoms with Gasteiger partial charge in [-0.2, -0.15) is 0 Å². The molecule has 13 heavy (non-hydrogen) atoms. The highest BCUT2D eigenvalue weighted by atomic mass is 14.8. The molecule has 0 radical (unpaired) electrons. The van der Waals surface area contributed by atoms with Crippen LogP contribution in [0.1, 0.15) is 65.2 Å². The molecule has 0 aromatic rings. The van der Waals surface area contributed by atoms with Crippen LogP contribution in [0.5, 0.6) is 0 Å². The molecule has 0 aliphatic heterocycles. The Morgan fingerprint density at radius 1 is 1.15 bits per heavy atom. The van der Waals surface area contributed by atoms with Crippen LogP contribution in [0.4, 0.5) is 0 Å². The van der Waals surface area contributed by atoms with Gasteiger partial charge in [-0.1, -0.05) is 46.0 Å². The predicted molar refractivity (Wildman–Crippen MR) is 58.7 cm³/mol. The predicted octanol–water partition coefficient (Wildman–Crippen LogP) is 3.47. The molecule has 1 rings (SSSR count). The van der Waals surface area contributed by atoms with Crippen molar-refractivity contribution >= 4 is 0 Å². The third kappa shape index (κ3) is 2.70. The van der Waals surface area contributed by atoms with Gasteiger partial charge in [0.05, 0.1) is 0 Å². The van der Waals surface area contributed by atoms with Crippen LogP contribution in [0, 0.1) is 5.92 Å². The minimum Gasteiger partial charge on any atom is -0.325 e. The standard InChI is InChI=1S/C12H25N/c1-3-11-9-7-5-6-8-10-12(11,13)4-2/h11H,3-10,13H2,1-2H3. The summed E-state index contributed by atoms with van der Waals surface area (Å²) >= 11 is 0. The van der Waals surface area contributed by atoms with Crippen LogP contribution in [-0.2, 0) is 0 Å². The first-order chi connectivity index (χ1) is 6.23. The van der Waals surface area contributed by atoms with Crippen molar-refractivity contribution in [1.29, 1.82) is 0 Å². The number of rotatable bonds is 2. The molecule has 0 amide bonds. The normalized spacial score (nSPS) is 36.7. The number of hydrogen-bond acceptors (Lipinski definition) is 1. The first-order valence-electron chi connectivity index (χ1n) is 6.02. The van der Waals surface area contributed by atoms with Gasteiger partial charge in [0, 0.05) is 5.54 Å². The Hall–Kier alpha value is -0.0400. The Kier molecular flexibility index (Phi) is 4.24. The molecule has 0 aromatic carbocycles. The number of hydrogen-bond donors (Lipinski definition) is 1. The van der Waals surface area contributed by atoms with Crippen molar-refractivity contribution in [3.63, 3.8) is 0 Å². The zero-order valence-electron chi connectivity index (χ0n) is 9.31. The molecule has 1 fully saturated rings. The third-order valence-corrected chi connectivity index (χ3v) is 3.91. The first kappa shape index (κ1) is 11.0. The van der Waals surface area contributed by atoms with Gasteiger partial charge in [0.25, 0.3) is 0 Å². The Bertz CT molecular complexity index is 144. The van der Waals surface area contributed by atoms with Gasteiger partial charge < -0.3 is 5.73 Å². The van der Waals surface area contributed by atoms with E-state index in [1.165, 1.54) is 44.9 Å². The molecular weight excluding hydrogens is 158 g/mol. The SMILES string of the molecule is CCC1CCCCCCC1(N)CC. The minimum atomic E-state index is 0.162. The highest BCUT2D eigenvalue weighted by Gasteiger charge is 2.31. The maximum absolute atomic E-state index is 6.48. The second-order valence-corrected chi connectivity index (χ2v) is 4.64. The maximum atomic E-state index is 6.48. The van der Waals surface area contributed by atoms with E-state index in [4.69, 9.17) is 5.73 Å². The fourth-order valence-electron chi connectivity index (χ4n) is 2.77. The minimum absolute atomic E-state index is 0.162. The van der Waals surface area contributed by atoms with E-state index >= 15 is 0 Å². The van der Waals surface area contributed by atoms with Crippen LogP contribution in [-0.4, -0.2) is 5.54 Å². The van der Waals surface area contributed by atoms with Crippen molar-refractivity contribution in [2.75, 3.05) is 0 Å². The summed E-state index contributed by atoms with van der Waals surface area (Å²) < 4.78 is 0. The summed E-state index contributed by atoms with van der Waals surface area (Å²) in [6.07, 6.45) is 10.6. The third-order valence-electron chi connectivity index (χ3n) is 3.91. The average molecular weight is 183 g/mol. The molecular formula is C12H25N. The summed E-state index contributed by atoms with van der Waals surface area (Å²) in [5, 5.41) is 0. The van der Waals surface area contributed by atoms with E-state index in [-0.39, 0.29) is 5.54 Å². The molecule has 0 saturated heterocycles. The van der Waals surface area contributed by atoms with Crippen molar-refractivity contribution in [3.8, 4) is 0 Å². The molecule has 1 heteroatoms. The molecule has 2 N–H and O–H groups in total. The van der Waals surface area contributed by atoms with E-state index in [9.17, 15) is 0 Å². The lowest BCUT2D eigenvalue weighted by Gasteiger charge is -2.38. The van der Waals surface area contributed by atoms with Gasteiger partial charge in [0.15, 0.2) is 0 Å². The van der Waals surface area contributed by atoms with Crippen molar-refractivity contribution in [2.45, 2.75) is 70.8 Å². The van der Waals surface area contributed by atoms with E-state index < -0.39 is 0 Å². The highest BCUT2D eigenvalue weighted by molar-refractivity contribution is 4.90. The topological polar surface area (TPSA) is 26.0 Å². The summed E-state index contributed by atoms with van der Waals surface area (Å²) in [6.45, 7) is 4.55. The quantitative estimate of drug-likeness (QED) is 0.697. The van der Waals surface area contributed by atoms with Gasteiger partial charge in [-0.25, -0.2) is 0 Å². The van der Waals surface area contributed by atoms with Gasteiger partial charge >= 0.3 is 0 Å². The molecule has 2 unspecified atom stereocenters. The van der Waals surface area contributed by atoms with Crippen LogP contribution in [0.25, 0.3) is 0 Å². The van der Waals surface area contributed by atoms with Crippen molar-refractivity contribution in [1.82, 2.24) is 0 Å². The molecule has 0 bridgehead atoms. The molecule has 1 aliphatic carbocycles. The van der Waals surface area contributed by atoms with Gasteiger partial charge in [-0.05, 0) is 25.2 Å². The molecule has 0 aromatic heterocycles. The van der Waals surface area contributed by atoms with Gasteiger partial charge in [0.2, 0.25) is 0 Å². The summed E-state index contributed by atoms with van der Waals surface area (Å²) in [6, 6.07) is 0. The molecule has 1 aliphatic rings. The summed E-state index contributed by atoms with van der Waals surface area (Å²) in [4.78, 5) is 0. The van der Waals surface area contributed by atoms with Gasteiger partial charge in [-0.3, -0.25) is 0 Å². The zero-order chi connectivity index (χ0) is 9.73. The van der Waals surface area contributed by atoms with Crippen molar-refractivity contribution in [2.24, 2.45) is 11.7 Å². The van der Waals surface area contributed by atoms with Crippen LogP contribution in [0.15, 0.2) is 0 Å². The lowest BCUT2D eigenvalue weighted by Crippen LogP contribution is -2.47. The molecule has 1 saturated carbocycles. The fourth-order valence-corrected chi connectivity index (χ4v) is 2.77. The summed E-state index contributed by atoms with van der Waals surface area (Å²) in [7, 11) is 0. The van der Waals surface area contributed by atoms with Crippen molar-refractivity contribution < 1.29 is 0 Å². The fraction of sp³-hybridized carbons (Fsp3) is 1.00. The summed E-state index contributed by atoms with van der Waals surface area (Å²) in [5.41, 5.74) is 6.64. The second-order valence-electron chi connectivity index (χ2n) is 4.64. The van der Waals surface area contributed by atoms with Gasteiger partial charge in [-0.15, -0.1) is 0 Å². The van der Waals surface area contributed by atoms with E-state index in [2.05, 4.69) is 13.8 Å². The largest absolute Gasteiger partial charge is 0.325 e. The van der Waals surface area contributed by atoms with Crippen LogP contribution in [0.3, 0.4) is 0 Å². The first-order valence-corrected chi connectivity index (χ1v) is 6.02. The Morgan fingerprint density at radius 2 is 1.85 bits per heavy atom. The molecule has 0 heterocycles. The Balaban J connectivity index is 2.60. The molecule has 2 atom stereocenters. The monoisotopic (exact) mass is 183 g/mol. The van der Waals surface area contributed by atoms with Crippen LogP contribution < -0.4 is 5.73 Å². The van der Waals surface area contributed by atoms with Crippen LogP contribution >= 0.6 is 0 Å². The van der Waals surface area contributed by atoms with E-state index in [1.807, 2.05) is 0 Å². The highest BCUT2D eigenvalue weighted by Crippen LogP contribution is 2.33. The molecule has 78 valence electrons. The van der Waals surface area contributed by atoms with E-state index in [0.29, 0.717) is 0 Å².